The third kappa shape index (κ3) is 4.21. The summed E-state index contributed by atoms with van der Waals surface area (Å²) in [7, 11) is 0. The number of hydrogen-bond acceptors (Lipinski definition) is 8. The Kier molecular flexibility index (Phi) is 5.43. The lowest BCUT2D eigenvalue weighted by Gasteiger charge is -2.36. The number of carbonyl (C=O) groups is 1. The lowest BCUT2D eigenvalue weighted by atomic mass is 10.1. The van der Waals surface area contributed by atoms with Crippen LogP contribution in [-0.2, 0) is 11.3 Å². The van der Waals surface area contributed by atoms with Crippen molar-refractivity contribution < 1.29 is 18.2 Å². The molecule has 1 aromatic carbocycles. The number of aromatic nitrogens is 2. The van der Waals surface area contributed by atoms with Gasteiger partial charge in [0.2, 0.25) is 5.91 Å². The number of hydrogen-bond donors (Lipinski definition) is 2. The highest BCUT2D eigenvalue weighted by atomic mass is 19.1. The zero-order valence-electron chi connectivity index (χ0n) is 15.7. The van der Waals surface area contributed by atoms with Crippen molar-refractivity contribution in [3.8, 4) is 11.3 Å². The zero-order chi connectivity index (χ0) is 20.2. The van der Waals surface area contributed by atoms with Crippen molar-refractivity contribution in [3.63, 3.8) is 0 Å². The molecule has 0 saturated carbocycles. The second-order valence-electron chi connectivity index (χ2n) is 6.65. The first-order chi connectivity index (χ1) is 14.1. The number of nitrogens with two attached hydrogens (primary N) is 1. The molecule has 4 rings (SSSR count). The fourth-order valence-corrected chi connectivity index (χ4v) is 3.26. The predicted octanol–water partition coefficient (Wildman–Crippen LogP) is 1.69. The summed E-state index contributed by atoms with van der Waals surface area (Å²) in [6.07, 6.45) is 1.47. The third-order valence-corrected chi connectivity index (χ3v) is 4.83. The van der Waals surface area contributed by atoms with Crippen LogP contribution in [0.25, 0.3) is 11.3 Å². The van der Waals surface area contributed by atoms with Crippen LogP contribution in [0.3, 0.4) is 0 Å². The van der Waals surface area contributed by atoms with Gasteiger partial charge in [0.25, 0.3) is 0 Å². The molecule has 1 aliphatic rings. The van der Waals surface area contributed by atoms with Gasteiger partial charge in [-0.2, -0.15) is 0 Å². The number of nitrogens with one attached hydrogen (secondary N) is 1. The first-order valence-electron chi connectivity index (χ1n) is 9.26. The van der Waals surface area contributed by atoms with Crippen LogP contribution in [-0.4, -0.2) is 53.8 Å². The standard InChI is InChI=1S/C19H21FN6O3/c20-15-9-13(16-10-14(29-23-16)12-22-18-3-8-28-24-18)1-2-17(15)25-4-6-26(7-5-25)19(27)11-21/h1-3,8-10H,4-7,11-12,21H2,(H,22,24). The van der Waals surface area contributed by atoms with Crippen molar-refractivity contribution in [1.82, 2.24) is 15.2 Å². The number of amides is 1. The first-order valence-corrected chi connectivity index (χ1v) is 9.26. The van der Waals surface area contributed by atoms with Gasteiger partial charge in [-0.25, -0.2) is 4.39 Å². The molecule has 0 unspecified atom stereocenters. The van der Waals surface area contributed by atoms with E-state index in [4.69, 9.17) is 14.8 Å². The van der Waals surface area contributed by atoms with Crippen LogP contribution in [0.15, 0.2) is 45.6 Å². The molecule has 3 aromatic rings. The van der Waals surface area contributed by atoms with E-state index >= 15 is 0 Å². The molecular weight excluding hydrogens is 379 g/mol. The van der Waals surface area contributed by atoms with Gasteiger partial charge in [0.15, 0.2) is 11.6 Å². The number of nitrogens with zero attached hydrogens (tertiary/aromatic N) is 4. The van der Waals surface area contributed by atoms with Gasteiger partial charge in [0.05, 0.1) is 18.8 Å². The Labute approximate surface area is 166 Å². The molecule has 0 bridgehead atoms. The van der Waals surface area contributed by atoms with Crippen LogP contribution >= 0.6 is 0 Å². The molecule has 3 heterocycles. The molecule has 1 saturated heterocycles. The highest BCUT2D eigenvalue weighted by Gasteiger charge is 2.22. The topological polar surface area (TPSA) is 114 Å². The Hall–Kier alpha value is -3.40. The van der Waals surface area contributed by atoms with Gasteiger partial charge in [-0.1, -0.05) is 16.4 Å². The summed E-state index contributed by atoms with van der Waals surface area (Å²) in [5.74, 6) is 0.756. The van der Waals surface area contributed by atoms with E-state index in [9.17, 15) is 9.18 Å². The van der Waals surface area contributed by atoms with E-state index in [1.165, 1.54) is 12.3 Å². The molecule has 0 spiro atoms. The Morgan fingerprint density at radius 1 is 1.17 bits per heavy atom. The maximum Gasteiger partial charge on any atom is 0.236 e. The summed E-state index contributed by atoms with van der Waals surface area (Å²) in [4.78, 5) is 15.3. The van der Waals surface area contributed by atoms with Gasteiger partial charge in [-0.15, -0.1) is 0 Å². The molecule has 2 aromatic heterocycles. The molecule has 1 fully saturated rings. The highest BCUT2D eigenvalue weighted by molar-refractivity contribution is 5.78. The second kappa shape index (κ2) is 8.31. The fourth-order valence-electron chi connectivity index (χ4n) is 3.26. The second-order valence-corrected chi connectivity index (χ2v) is 6.65. The van der Waals surface area contributed by atoms with Crippen molar-refractivity contribution >= 4 is 17.4 Å². The molecule has 0 atom stereocenters. The Morgan fingerprint density at radius 3 is 2.69 bits per heavy atom. The first kappa shape index (κ1) is 18.9. The largest absolute Gasteiger partial charge is 0.366 e. The van der Waals surface area contributed by atoms with E-state index in [2.05, 4.69) is 15.6 Å². The monoisotopic (exact) mass is 400 g/mol. The summed E-state index contributed by atoms with van der Waals surface area (Å²) < 4.78 is 24.8. The summed E-state index contributed by atoms with van der Waals surface area (Å²) in [5, 5.41) is 10.8. The van der Waals surface area contributed by atoms with Crippen molar-refractivity contribution in [3.05, 3.63) is 48.2 Å². The molecule has 29 heavy (non-hydrogen) atoms. The van der Waals surface area contributed by atoms with Gasteiger partial charge in [0.1, 0.15) is 17.8 Å². The molecule has 0 radical (unpaired) electrons. The minimum absolute atomic E-state index is 0.00312. The third-order valence-electron chi connectivity index (χ3n) is 4.83. The Morgan fingerprint density at radius 2 is 2.00 bits per heavy atom. The lowest BCUT2D eigenvalue weighted by Crippen LogP contribution is -2.50. The number of benzene rings is 1. The molecule has 10 heteroatoms. The van der Waals surface area contributed by atoms with Crippen molar-refractivity contribution in [2.45, 2.75) is 6.54 Å². The zero-order valence-corrected chi connectivity index (χ0v) is 15.7. The van der Waals surface area contributed by atoms with E-state index in [1.807, 2.05) is 11.0 Å². The Balaban J connectivity index is 1.41. The van der Waals surface area contributed by atoms with Gasteiger partial charge < -0.3 is 29.9 Å². The minimum Gasteiger partial charge on any atom is -0.366 e. The Bertz CT molecular complexity index is 966. The number of carbonyl (C=O) groups excluding carboxylic acids is 1. The summed E-state index contributed by atoms with van der Waals surface area (Å²) in [5.41, 5.74) is 7.08. The molecule has 9 nitrogen and oxygen atoms in total. The van der Waals surface area contributed by atoms with Crippen molar-refractivity contribution in [1.29, 1.82) is 0 Å². The van der Waals surface area contributed by atoms with Gasteiger partial charge >= 0.3 is 0 Å². The van der Waals surface area contributed by atoms with Crippen LogP contribution in [0.2, 0.25) is 0 Å². The van der Waals surface area contributed by atoms with Crippen LogP contribution in [0.1, 0.15) is 5.76 Å². The van der Waals surface area contributed by atoms with Gasteiger partial charge in [0, 0.05) is 43.9 Å². The minimum atomic E-state index is -0.341. The van der Waals surface area contributed by atoms with Crippen LogP contribution < -0.4 is 16.0 Å². The summed E-state index contributed by atoms with van der Waals surface area (Å²) >= 11 is 0. The molecule has 152 valence electrons. The summed E-state index contributed by atoms with van der Waals surface area (Å²) in [6.45, 7) is 2.56. The summed E-state index contributed by atoms with van der Waals surface area (Å²) in [6, 6.07) is 8.42. The normalized spacial score (nSPS) is 14.3. The van der Waals surface area contributed by atoms with Crippen LogP contribution in [0.4, 0.5) is 15.9 Å². The average Bonchev–Trinajstić information content (AvgIpc) is 3.44. The fraction of sp³-hybridized carbons (Fsp3) is 0.316. The molecule has 0 aliphatic carbocycles. The highest BCUT2D eigenvalue weighted by Crippen LogP contribution is 2.27. The molecule has 1 aliphatic heterocycles. The number of halogens is 1. The van der Waals surface area contributed by atoms with Gasteiger partial charge in [-0.05, 0) is 12.1 Å². The maximum absolute atomic E-state index is 14.8. The predicted molar refractivity (Wildman–Crippen MR) is 104 cm³/mol. The maximum atomic E-state index is 14.8. The smallest absolute Gasteiger partial charge is 0.236 e. The van der Waals surface area contributed by atoms with E-state index in [0.717, 1.165) is 0 Å². The quantitative estimate of drug-likeness (QED) is 0.643. The van der Waals surface area contributed by atoms with E-state index in [-0.39, 0.29) is 18.3 Å². The van der Waals surface area contributed by atoms with Crippen molar-refractivity contribution in [2.75, 3.05) is 42.9 Å². The average molecular weight is 400 g/mol. The number of rotatable bonds is 6. The van der Waals surface area contributed by atoms with Crippen molar-refractivity contribution in [2.24, 2.45) is 5.73 Å². The van der Waals surface area contributed by atoms with Gasteiger partial charge in [-0.3, -0.25) is 4.79 Å². The molecular formula is C19H21FN6O3. The molecule has 3 N–H and O–H groups in total. The molecule has 1 amide bonds. The van der Waals surface area contributed by atoms with E-state index in [1.54, 1.807) is 23.1 Å². The lowest BCUT2D eigenvalue weighted by molar-refractivity contribution is -0.129. The van der Waals surface area contributed by atoms with E-state index < -0.39 is 0 Å². The van der Waals surface area contributed by atoms with E-state index in [0.29, 0.717) is 61.2 Å². The van der Waals surface area contributed by atoms with Crippen LogP contribution in [0, 0.1) is 5.82 Å². The number of piperazine rings is 1. The SMILES string of the molecule is NCC(=O)N1CCN(c2ccc(-c3cc(CNc4ccon4)on3)cc2F)CC1. The van der Waals surface area contributed by atoms with Crippen LogP contribution in [0.5, 0.6) is 0 Å². The number of anilines is 2.